The molecule has 0 atom stereocenters. The van der Waals surface area contributed by atoms with Crippen molar-refractivity contribution in [3.63, 3.8) is 0 Å². The van der Waals surface area contributed by atoms with Gasteiger partial charge in [0.05, 0.1) is 12.2 Å². The zero-order chi connectivity index (χ0) is 11.7. The average Bonchev–Trinajstić information content (AvgIpc) is 2.57. The Balaban J connectivity index is 2.52. The largest absolute Gasteiger partial charge is 0.494 e. The summed E-state index contributed by atoms with van der Waals surface area (Å²) in [4.78, 5) is 11.5. The maximum atomic E-state index is 11.5. The van der Waals surface area contributed by atoms with E-state index in [1.165, 1.54) is 0 Å². The second-order valence-electron chi connectivity index (χ2n) is 3.12. The van der Waals surface area contributed by atoms with Gasteiger partial charge >= 0.3 is 5.97 Å². The van der Waals surface area contributed by atoms with Crippen LogP contribution in [0.1, 0.15) is 22.8 Å². The average molecular weight is 348 g/mol. The summed E-state index contributed by atoms with van der Waals surface area (Å²) in [7, 11) is 0. The minimum absolute atomic E-state index is 0.343. The molecule has 5 heteroatoms. The smallest absolute Gasteiger partial charge is 0.344 e. The van der Waals surface area contributed by atoms with Crippen LogP contribution in [0.5, 0.6) is 5.75 Å². The standard InChI is InChI=1S/C11H8Br2O3/c1-2-15-6-3-4-7-8(5-6)9(10(12)13)16-11(7)14/h3-5H,2H2,1H3. The molecule has 1 heterocycles. The van der Waals surface area contributed by atoms with Crippen LogP contribution in [-0.4, -0.2) is 12.6 Å². The molecule has 0 radical (unpaired) electrons. The Labute approximate surface area is 110 Å². The lowest BCUT2D eigenvalue weighted by molar-refractivity contribution is 0.0716. The number of ether oxygens (including phenoxy) is 2. The number of cyclic esters (lactones) is 1. The topological polar surface area (TPSA) is 35.5 Å². The number of carbonyl (C=O) groups is 1. The summed E-state index contributed by atoms with van der Waals surface area (Å²) >= 11 is 6.48. The molecule has 3 nitrogen and oxygen atoms in total. The van der Waals surface area contributed by atoms with Gasteiger partial charge in [0.1, 0.15) is 9.14 Å². The SMILES string of the molecule is CCOc1ccc2c(c1)C(=C(Br)Br)OC2=O. The number of rotatable bonds is 2. The molecule has 1 aliphatic rings. The number of carbonyl (C=O) groups excluding carboxylic acids is 1. The Kier molecular flexibility index (Phi) is 3.35. The van der Waals surface area contributed by atoms with E-state index in [1.807, 2.05) is 6.92 Å². The van der Waals surface area contributed by atoms with Crippen LogP contribution in [0.25, 0.3) is 5.76 Å². The molecule has 0 spiro atoms. The van der Waals surface area contributed by atoms with Gasteiger partial charge in [-0.2, -0.15) is 0 Å². The fourth-order valence-corrected chi connectivity index (χ4v) is 2.08. The Morgan fingerprint density at radius 2 is 2.12 bits per heavy atom. The molecule has 1 aromatic rings. The molecule has 0 N–H and O–H groups in total. The highest BCUT2D eigenvalue weighted by molar-refractivity contribution is 9.28. The highest BCUT2D eigenvalue weighted by Gasteiger charge is 2.28. The quantitative estimate of drug-likeness (QED) is 0.766. The van der Waals surface area contributed by atoms with E-state index in [9.17, 15) is 4.79 Å². The molecule has 0 bridgehead atoms. The van der Waals surface area contributed by atoms with Crippen LogP contribution < -0.4 is 4.74 Å². The van der Waals surface area contributed by atoms with Crippen molar-refractivity contribution < 1.29 is 14.3 Å². The summed E-state index contributed by atoms with van der Waals surface area (Å²) in [6, 6.07) is 5.26. The lowest BCUT2D eigenvalue weighted by atomic mass is 10.1. The predicted octanol–water partition coefficient (Wildman–Crippen LogP) is 3.67. The van der Waals surface area contributed by atoms with Gasteiger partial charge in [-0.1, -0.05) is 0 Å². The molecule has 1 aromatic carbocycles. The van der Waals surface area contributed by atoms with Crippen LogP contribution in [0.4, 0.5) is 0 Å². The Morgan fingerprint density at radius 3 is 2.75 bits per heavy atom. The van der Waals surface area contributed by atoms with E-state index in [1.54, 1.807) is 18.2 Å². The Morgan fingerprint density at radius 1 is 1.38 bits per heavy atom. The van der Waals surface area contributed by atoms with Gasteiger partial charge in [0.2, 0.25) is 0 Å². The van der Waals surface area contributed by atoms with E-state index in [-0.39, 0.29) is 5.97 Å². The summed E-state index contributed by atoms with van der Waals surface area (Å²) in [6.07, 6.45) is 0. The highest BCUT2D eigenvalue weighted by atomic mass is 79.9. The molecular weight excluding hydrogens is 340 g/mol. The third-order valence-electron chi connectivity index (χ3n) is 2.13. The minimum atomic E-state index is -0.343. The van der Waals surface area contributed by atoms with Crippen LogP contribution in [0.15, 0.2) is 21.6 Å². The van der Waals surface area contributed by atoms with Crippen LogP contribution in [0.3, 0.4) is 0 Å². The minimum Gasteiger partial charge on any atom is -0.494 e. The summed E-state index contributed by atoms with van der Waals surface area (Å²) in [5.74, 6) is 0.865. The number of halogens is 2. The zero-order valence-corrected chi connectivity index (χ0v) is 11.6. The van der Waals surface area contributed by atoms with E-state index in [4.69, 9.17) is 9.47 Å². The van der Waals surface area contributed by atoms with Crippen molar-refractivity contribution in [2.45, 2.75) is 6.92 Å². The monoisotopic (exact) mass is 346 g/mol. The van der Waals surface area contributed by atoms with Crippen molar-refractivity contribution in [2.24, 2.45) is 0 Å². The van der Waals surface area contributed by atoms with E-state index < -0.39 is 0 Å². The molecule has 2 rings (SSSR count). The molecule has 0 unspecified atom stereocenters. The first-order valence-corrected chi connectivity index (χ1v) is 6.26. The van der Waals surface area contributed by atoms with Crippen molar-refractivity contribution in [3.05, 3.63) is 32.7 Å². The Bertz CT molecular complexity index is 476. The Hall–Kier alpha value is -0.810. The molecule has 84 valence electrons. The molecular formula is C11H8Br2O3. The lowest BCUT2D eigenvalue weighted by Crippen LogP contribution is -1.95. The number of benzene rings is 1. The summed E-state index contributed by atoms with van der Waals surface area (Å²) in [5, 5.41) is 0. The van der Waals surface area contributed by atoms with Crippen molar-refractivity contribution >= 4 is 43.6 Å². The molecule has 1 aliphatic heterocycles. The third-order valence-corrected chi connectivity index (χ3v) is 2.85. The van der Waals surface area contributed by atoms with Gasteiger partial charge in [0, 0.05) is 5.56 Å². The first kappa shape index (κ1) is 11.7. The summed E-state index contributed by atoms with van der Waals surface area (Å²) in [5.41, 5.74) is 1.29. The van der Waals surface area contributed by atoms with E-state index in [0.717, 1.165) is 11.3 Å². The maximum Gasteiger partial charge on any atom is 0.344 e. The summed E-state index contributed by atoms with van der Waals surface area (Å²) < 4.78 is 11.1. The molecule has 0 aliphatic carbocycles. The van der Waals surface area contributed by atoms with Crippen LogP contribution >= 0.6 is 31.9 Å². The molecule has 0 fully saturated rings. The maximum absolute atomic E-state index is 11.5. The zero-order valence-electron chi connectivity index (χ0n) is 8.42. The van der Waals surface area contributed by atoms with Crippen LogP contribution in [-0.2, 0) is 4.74 Å². The van der Waals surface area contributed by atoms with Gasteiger partial charge in [-0.3, -0.25) is 0 Å². The van der Waals surface area contributed by atoms with Gasteiger partial charge in [-0.15, -0.1) is 0 Å². The van der Waals surface area contributed by atoms with Gasteiger partial charge in [0.15, 0.2) is 5.76 Å². The van der Waals surface area contributed by atoms with Crippen molar-refractivity contribution in [1.82, 2.24) is 0 Å². The number of hydrogen-bond acceptors (Lipinski definition) is 3. The van der Waals surface area contributed by atoms with E-state index in [0.29, 0.717) is 21.3 Å². The molecule has 0 saturated heterocycles. The molecule has 0 saturated carbocycles. The molecule has 0 aromatic heterocycles. The predicted molar refractivity (Wildman–Crippen MR) is 67.8 cm³/mol. The first-order chi connectivity index (χ1) is 7.63. The van der Waals surface area contributed by atoms with Gasteiger partial charge in [-0.05, 0) is 57.0 Å². The first-order valence-electron chi connectivity index (χ1n) is 4.68. The van der Waals surface area contributed by atoms with Crippen LogP contribution in [0, 0.1) is 0 Å². The fraction of sp³-hybridized carbons (Fsp3) is 0.182. The van der Waals surface area contributed by atoms with Crippen molar-refractivity contribution in [1.29, 1.82) is 0 Å². The number of fused-ring (bicyclic) bond motifs is 1. The van der Waals surface area contributed by atoms with Gasteiger partial charge < -0.3 is 9.47 Å². The van der Waals surface area contributed by atoms with Crippen molar-refractivity contribution in [3.8, 4) is 5.75 Å². The van der Waals surface area contributed by atoms with E-state index >= 15 is 0 Å². The molecule has 0 amide bonds. The third kappa shape index (κ3) is 2.01. The summed E-state index contributed by atoms with van der Waals surface area (Å²) in [6.45, 7) is 2.49. The second-order valence-corrected chi connectivity index (χ2v) is 5.77. The van der Waals surface area contributed by atoms with E-state index in [2.05, 4.69) is 31.9 Å². The van der Waals surface area contributed by atoms with Crippen molar-refractivity contribution in [2.75, 3.05) is 6.61 Å². The molecule has 16 heavy (non-hydrogen) atoms. The van der Waals surface area contributed by atoms with Gasteiger partial charge in [-0.25, -0.2) is 4.79 Å². The van der Waals surface area contributed by atoms with Gasteiger partial charge in [0.25, 0.3) is 0 Å². The lowest BCUT2D eigenvalue weighted by Gasteiger charge is -2.04. The number of esters is 1. The highest BCUT2D eigenvalue weighted by Crippen LogP contribution is 2.38. The second kappa shape index (κ2) is 4.59. The normalized spacial score (nSPS) is 13.4. The fourth-order valence-electron chi connectivity index (χ4n) is 1.49. The van der Waals surface area contributed by atoms with Crippen LogP contribution in [0.2, 0.25) is 0 Å². The number of hydrogen-bond donors (Lipinski definition) is 0.